The molecule has 1 heterocycles. The monoisotopic (exact) mass is 890 g/mol. The van der Waals surface area contributed by atoms with Gasteiger partial charge in [0.05, 0.1) is 24.7 Å². The summed E-state index contributed by atoms with van der Waals surface area (Å²) in [5.41, 5.74) is 6.16. The molecule has 2 rings (SSSR count). The first kappa shape index (κ1) is 60.6. The number of unbranched alkanes of at least 4 members (excludes halogenated alkanes) is 2. The molecule has 0 bridgehead atoms. The molecule has 1 saturated heterocycles. The van der Waals surface area contributed by atoms with Crippen molar-refractivity contribution in [3.63, 3.8) is 0 Å². The van der Waals surface area contributed by atoms with Crippen LogP contribution in [0.2, 0.25) is 0 Å². The van der Waals surface area contributed by atoms with E-state index in [1.807, 2.05) is 4.90 Å². The molecule has 1 aliphatic rings. The Hall–Kier alpha value is -4.51. The van der Waals surface area contributed by atoms with E-state index in [1.54, 1.807) is 52.5 Å². The van der Waals surface area contributed by atoms with Gasteiger partial charge in [0.15, 0.2) is 0 Å². The molecule has 5 unspecified atom stereocenters. The number of rotatable bonds is 25. The number of benzene rings is 1. The van der Waals surface area contributed by atoms with Gasteiger partial charge in [0, 0.05) is 71.7 Å². The minimum Gasteiger partial charge on any atom is -0.379 e. The highest BCUT2D eigenvalue weighted by Crippen LogP contribution is 2.28. The van der Waals surface area contributed by atoms with Crippen molar-refractivity contribution in [1.82, 2.24) is 25.3 Å². The number of allylic oxidation sites excluding steroid dienone is 1. The zero-order chi connectivity index (χ0) is 48.3. The lowest BCUT2D eigenvalue weighted by molar-refractivity contribution is -0.139. The van der Waals surface area contributed by atoms with E-state index in [0.29, 0.717) is 62.4 Å². The molecule has 5 N–H and O–H groups in total. The summed E-state index contributed by atoms with van der Waals surface area (Å²) in [4.78, 5) is 83.9. The molecular formula is C47H83N7O9. The maximum Gasteiger partial charge on any atom is 0.246 e. The summed E-state index contributed by atoms with van der Waals surface area (Å²) in [6.45, 7) is 16.5. The SMILES string of the molecule is CCC.CCC(C)C(C(CC(=O)N1CCCC1C(OC)C(C)C)OC)N(C)C.C[C@H](NC=O)C(=O)Nc1ccc(CNC(=O)CCCCCN(C)C(=O)/C=C\C=O)cc1.NCC=O. The van der Waals surface area contributed by atoms with Gasteiger partial charge in [0.2, 0.25) is 30.0 Å². The first-order valence-corrected chi connectivity index (χ1v) is 22.4. The van der Waals surface area contributed by atoms with Crippen molar-refractivity contribution in [2.24, 2.45) is 17.6 Å². The molecule has 0 radical (unpaired) electrons. The number of aldehydes is 2. The summed E-state index contributed by atoms with van der Waals surface area (Å²) in [5.74, 6) is 0.487. The number of carbonyl (C=O) groups excluding carboxylic acids is 7. The number of methoxy groups -OCH3 is 2. The Labute approximate surface area is 378 Å². The molecule has 360 valence electrons. The number of amides is 5. The number of nitrogens with zero attached hydrogens (tertiary/aromatic N) is 3. The van der Waals surface area contributed by atoms with Crippen LogP contribution in [0.25, 0.3) is 0 Å². The van der Waals surface area contributed by atoms with E-state index in [4.69, 9.17) is 14.3 Å². The second-order valence-electron chi connectivity index (χ2n) is 16.2. The maximum atomic E-state index is 13.1. The van der Waals surface area contributed by atoms with Crippen LogP contribution < -0.4 is 21.7 Å². The fourth-order valence-electron chi connectivity index (χ4n) is 6.99. The van der Waals surface area contributed by atoms with Gasteiger partial charge in [-0.1, -0.05) is 72.9 Å². The van der Waals surface area contributed by atoms with Gasteiger partial charge in [0.1, 0.15) is 18.6 Å². The predicted molar refractivity (Wildman–Crippen MR) is 251 cm³/mol. The van der Waals surface area contributed by atoms with Crippen molar-refractivity contribution in [2.75, 3.05) is 60.3 Å². The Balaban J connectivity index is 0. The first-order valence-electron chi connectivity index (χ1n) is 22.4. The average molecular weight is 890 g/mol. The summed E-state index contributed by atoms with van der Waals surface area (Å²) in [5, 5.41) is 7.93. The maximum absolute atomic E-state index is 13.1. The van der Waals surface area contributed by atoms with Crippen LogP contribution in [0.15, 0.2) is 36.4 Å². The quantitative estimate of drug-likeness (QED) is 0.0599. The van der Waals surface area contributed by atoms with Gasteiger partial charge < -0.3 is 50.7 Å². The molecule has 16 heteroatoms. The fourth-order valence-corrected chi connectivity index (χ4v) is 6.99. The second kappa shape index (κ2) is 36.9. The number of hydrogen-bond donors (Lipinski definition) is 4. The van der Waals surface area contributed by atoms with Gasteiger partial charge >= 0.3 is 0 Å². The molecule has 1 aliphatic heterocycles. The zero-order valence-electron chi connectivity index (χ0n) is 40.5. The smallest absolute Gasteiger partial charge is 0.246 e. The normalized spacial score (nSPS) is 15.5. The van der Waals surface area contributed by atoms with E-state index in [9.17, 15) is 28.8 Å². The van der Waals surface area contributed by atoms with Crippen molar-refractivity contribution >= 4 is 48.3 Å². The van der Waals surface area contributed by atoms with Crippen LogP contribution in [0, 0.1) is 11.8 Å². The first-order chi connectivity index (χ1) is 30.0. The molecule has 0 aromatic heterocycles. The summed E-state index contributed by atoms with van der Waals surface area (Å²) >= 11 is 0. The minimum atomic E-state index is -0.628. The minimum absolute atomic E-state index is 0.0514. The standard InChI is InChI=1S/C22H30N4O5.C20H40N2O3.C3H8.C2H5NO/c1-17(24-16-28)22(31)25-19-11-9-18(10-12-19)15-23-20(29)7-4-3-5-13-26(2)21(30)8-6-14-27;1-9-15(4)19(21(5)6)17(24-7)13-18(23)22-12-10-11-16(22)20(25-8)14(2)3;1-3-2;3-1-2-4/h6,8-12,14,16-17H,3-5,7,13,15H2,1-2H3,(H,23,29)(H,24,28)(H,25,31);14-17,19-20H,9-13H2,1-8H3;3H2,1-2H3;2H,1,3H2/b8-6-;;;/t17-;;;/m0.../s1. The number of anilines is 1. The average Bonchev–Trinajstić information content (AvgIpc) is 3.75. The lowest BCUT2D eigenvalue weighted by atomic mass is 9.91. The number of nitrogens with one attached hydrogen (secondary N) is 3. The van der Waals surface area contributed by atoms with Crippen molar-refractivity contribution in [2.45, 2.75) is 143 Å². The van der Waals surface area contributed by atoms with Gasteiger partial charge in [-0.15, -0.1) is 0 Å². The van der Waals surface area contributed by atoms with Gasteiger partial charge in [0.25, 0.3) is 0 Å². The van der Waals surface area contributed by atoms with Crippen molar-refractivity contribution in [1.29, 1.82) is 0 Å². The molecule has 63 heavy (non-hydrogen) atoms. The summed E-state index contributed by atoms with van der Waals surface area (Å²) < 4.78 is 11.5. The molecule has 1 aromatic carbocycles. The van der Waals surface area contributed by atoms with Crippen LogP contribution >= 0.6 is 0 Å². The van der Waals surface area contributed by atoms with E-state index in [-0.39, 0.29) is 54.5 Å². The van der Waals surface area contributed by atoms with Gasteiger partial charge in [-0.3, -0.25) is 28.8 Å². The molecular weight excluding hydrogens is 807 g/mol. The number of nitrogens with two attached hydrogens (primary N) is 1. The Bertz CT molecular complexity index is 1460. The molecule has 0 saturated carbocycles. The highest BCUT2D eigenvalue weighted by atomic mass is 16.5. The molecule has 5 amide bonds. The number of ether oxygens (including phenoxy) is 2. The van der Waals surface area contributed by atoms with Crippen LogP contribution in [0.4, 0.5) is 5.69 Å². The van der Waals surface area contributed by atoms with Crippen LogP contribution in [0.5, 0.6) is 0 Å². The van der Waals surface area contributed by atoms with Crippen LogP contribution in [-0.4, -0.2) is 143 Å². The zero-order valence-corrected chi connectivity index (χ0v) is 40.5. The third kappa shape index (κ3) is 26.0. The summed E-state index contributed by atoms with van der Waals surface area (Å²) in [7, 11) is 9.31. The highest BCUT2D eigenvalue weighted by Gasteiger charge is 2.38. The number of likely N-dealkylation sites (N-methyl/N-ethyl adjacent to an activating group) is 2. The van der Waals surface area contributed by atoms with Gasteiger partial charge in [-0.25, -0.2) is 0 Å². The molecule has 6 atom stereocenters. The third-order valence-corrected chi connectivity index (χ3v) is 10.4. The molecule has 16 nitrogen and oxygen atoms in total. The van der Waals surface area contributed by atoms with E-state index < -0.39 is 6.04 Å². The van der Waals surface area contributed by atoms with Crippen molar-refractivity contribution in [3.8, 4) is 0 Å². The molecule has 0 spiro atoms. The molecule has 1 aromatic rings. The van der Waals surface area contributed by atoms with E-state index >= 15 is 0 Å². The largest absolute Gasteiger partial charge is 0.379 e. The number of hydrogen-bond acceptors (Lipinski definition) is 11. The highest BCUT2D eigenvalue weighted by molar-refractivity contribution is 5.95. The Morgan fingerprint density at radius 1 is 0.937 bits per heavy atom. The Morgan fingerprint density at radius 3 is 2.05 bits per heavy atom. The van der Waals surface area contributed by atoms with E-state index in [0.717, 1.165) is 50.6 Å². The predicted octanol–water partition coefficient (Wildman–Crippen LogP) is 4.74. The van der Waals surface area contributed by atoms with Crippen LogP contribution in [-0.2, 0) is 49.6 Å². The summed E-state index contributed by atoms with van der Waals surface area (Å²) in [6.07, 6.45) is 11.7. The van der Waals surface area contributed by atoms with Crippen molar-refractivity contribution in [3.05, 3.63) is 42.0 Å². The van der Waals surface area contributed by atoms with E-state index in [1.165, 1.54) is 23.5 Å². The van der Waals surface area contributed by atoms with Crippen molar-refractivity contribution < 1.29 is 43.0 Å². The number of carbonyl (C=O) groups is 7. The second-order valence-corrected chi connectivity index (χ2v) is 16.2. The van der Waals surface area contributed by atoms with E-state index in [2.05, 4.69) is 82.2 Å². The Kier molecular flexibility index (Phi) is 35.5. The number of likely N-dealkylation sites (tertiary alicyclic amines) is 1. The lowest BCUT2D eigenvalue weighted by Crippen LogP contribution is -2.50. The lowest BCUT2D eigenvalue weighted by Gasteiger charge is -2.37. The van der Waals surface area contributed by atoms with Gasteiger partial charge in [-0.05, 0) is 82.3 Å². The topological polar surface area (TPSA) is 210 Å². The third-order valence-electron chi connectivity index (χ3n) is 10.4. The Morgan fingerprint density at radius 2 is 1.56 bits per heavy atom. The van der Waals surface area contributed by atoms with Crippen LogP contribution in [0.1, 0.15) is 112 Å². The fraction of sp³-hybridized carbons (Fsp3) is 0.681. The molecule has 0 aliphatic carbocycles. The molecule has 1 fully saturated rings. The van der Waals surface area contributed by atoms with Gasteiger partial charge in [-0.2, -0.15) is 0 Å². The van der Waals surface area contributed by atoms with Crippen LogP contribution in [0.3, 0.4) is 0 Å². The summed E-state index contributed by atoms with van der Waals surface area (Å²) in [6, 6.07) is 6.88.